The van der Waals surface area contributed by atoms with Gasteiger partial charge in [0.05, 0.1) is 17.3 Å². The molecule has 1 unspecified atom stereocenters. The van der Waals surface area contributed by atoms with Crippen LogP contribution in [0.1, 0.15) is 24.8 Å². The monoisotopic (exact) mass is 510 g/mol. The molecule has 4 aliphatic heterocycles. The Hall–Kier alpha value is -2.88. The quantitative estimate of drug-likeness (QED) is 0.519. The van der Waals surface area contributed by atoms with E-state index in [1.807, 2.05) is 17.0 Å². The summed E-state index contributed by atoms with van der Waals surface area (Å²) in [5, 5.41) is 3.24. The second kappa shape index (κ2) is 10.2. The average molecular weight is 511 g/mol. The van der Waals surface area contributed by atoms with E-state index in [1.54, 1.807) is 30.2 Å². The highest BCUT2D eigenvalue weighted by Gasteiger charge is 2.42. The van der Waals surface area contributed by atoms with E-state index < -0.39 is 10.1 Å². The number of aryl methyl sites for hydroxylation is 1. The number of carbonyl (C=O) groups is 1. The highest BCUT2D eigenvalue weighted by Crippen LogP contribution is 2.38. The lowest BCUT2D eigenvalue weighted by atomic mass is 9.95. The molecule has 5 rings (SSSR count). The van der Waals surface area contributed by atoms with Crippen LogP contribution in [0.25, 0.3) is 0 Å². The standard InChI is InChI=1S/C27H34N4O4S/c1-29(19-21-12-15-30(16-13-21)14-6-9-20-7-3-2-4-8-20)27(32)23-17-22-18-28-25-11-5-10-24(31(22)25)26(23)36(33,34)35/h2-5,7-8,10-11,17,21-22,28H,6,9,12-16,18-19H2,1H3,(H,33,34,35). The Morgan fingerprint density at radius 1 is 1.19 bits per heavy atom. The summed E-state index contributed by atoms with van der Waals surface area (Å²) in [6, 6.07) is 10.4. The molecule has 0 aliphatic carbocycles. The summed E-state index contributed by atoms with van der Waals surface area (Å²) in [6.07, 6.45) is 11.1. The fourth-order valence-electron chi connectivity index (χ4n) is 5.71. The molecule has 2 fully saturated rings. The van der Waals surface area contributed by atoms with Crippen LogP contribution in [0.2, 0.25) is 0 Å². The van der Waals surface area contributed by atoms with Crippen molar-refractivity contribution in [1.29, 1.82) is 0 Å². The van der Waals surface area contributed by atoms with Gasteiger partial charge < -0.3 is 20.0 Å². The zero-order chi connectivity index (χ0) is 25.3. The molecule has 1 atom stereocenters. The van der Waals surface area contributed by atoms with Gasteiger partial charge in [0.1, 0.15) is 10.7 Å². The Kier molecular flexibility index (Phi) is 7.05. The van der Waals surface area contributed by atoms with Gasteiger partial charge in [-0.25, -0.2) is 0 Å². The highest BCUT2D eigenvalue weighted by molar-refractivity contribution is 7.90. The van der Waals surface area contributed by atoms with Gasteiger partial charge >= 0.3 is 0 Å². The van der Waals surface area contributed by atoms with Crippen LogP contribution in [0, 0.1) is 5.92 Å². The minimum atomic E-state index is -4.60. The second-order valence-corrected chi connectivity index (χ2v) is 11.4. The molecular weight excluding hydrogens is 476 g/mol. The molecule has 0 bridgehead atoms. The Morgan fingerprint density at radius 2 is 1.94 bits per heavy atom. The van der Waals surface area contributed by atoms with E-state index in [-0.39, 0.29) is 22.4 Å². The lowest BCUT2D eigenvalue weighted by Gasteiger charge is -2.36. The van der Waals surface area contributed by atoms with Gasteiger partial charge in [-0.05, 0) is 75.0 Å². The fraction of sp³-hybridized carbons (Fsp3) is 0.444. The molecule has 2 saturated heterocycles. The first-order valence-corrected chi connectivity index (χ1v) is 14.1. The summed E-state index contributed by atoms with van der Waals surface area (Å²) in [5.74, 6) is 0.769. The van der Waals surface area contributed by atoms with Crippen molar-refractivity contribution in [1.82, 2.24) is 20.0 Å². The van der Waals surface area contributed by atoms with Crippen LogP contribution in [0.4, 0.5) is 0 Å². The number of piperidine rings is 1. The van der Waals surface area contributed by atoms with Crippen LogP contribution in [-0.2, 0) is 21.3 Å². The molecule has 1 amide bonds. The number of rotatable bonds is 8. The van der Waals surface area contributed by atoms with Gasteiger partial charge in [0.15, 0.2) is 0 Å². The maximum Gasteiger partial charge on any atom is 0.297 e. The number of benzene rings is 1. The number of hydrogen-bond donors (Lipinski definition) is 2. The van der Waals surface area contributed by atoms with E-state index in [1.165, 1.54) is 5.56 Å². The predicted molar refractivity (Wildman–Crippen MR) is 139 cm³/mol. The molecule has 1 aromatic carbocycles. The molecule has 192 valence electrons. The van der Waals surface area contributed by atoms with Crippen LogP contribution in [0.3, 0.4) is 0 Å². The number of hydrogen-bond acceptors (Lipinski definition) is 6. The van der Waals surface area contributed by atoms with Crippen LogP contribution < -0.4 is 5.32 Å². The van der Waals surface area contributed by atoms with Gasteiger partial charge in [-0.3, -0.25) is 9.35 Å². The Balaban J connectivity index is 1.19. The van der Waals surface area contributed by atoms with Gasteiger partial charge in [-0.1, -0.05) is 36.4 Å². The number of amides is 1. The number of likely N-dealkylation sites (tertiary alicyclic amines) is 1. The van der Waals surface area contributed by atoms with Gasteiger partial charge in [-0.2, -0.15) is 8.42 Å². The van der Waals surface area contributed by atoms with Crippen molar-refractivity contribution in [2.45, 2.75) is 31.7 Å². The van der Waals surface area contributed by atoms with E-state index in [9.17, 15) is 17.8 Å². The Labute approximate surface area is 213 Å². The zero-order valence-electron chi connectivity index (χ0n) is 20.6. The van der Waals surface area contributed by atoms with E-state index in [2.05, 4.69) is 34.5 Å². The van der Waals surface area contributed by atoms with Crippen molar-refractivity contribution in [2.75, 3.05) is 39.8 Å². The van der Waals surface area contributed by atoms with Gasteiger partial charge in [0.25, 0.3) is 16.0 Å². The fourth-order valence-corrected chi connectivity index (χ4v) is 6.57. The normalized spacial score (nSPS) is 22.2. The second-order valence-electron chi connectivity index (χ2n) is 10.1. The van der Waals surface area contributed by atoms with Crippen LogP contribution >= 0.6 is 0 Å². The number of carbonyl (C=O) groups excluding carboxylic acids is 1. The summed E-state index contributed by atoms with van der Waals surface area (Å²) in [6.45, 7) is 4.22. The number of allylic oxidation sites excluding steroid dienone is 3. The van der Waals surface area contributed by atoms with E-state index in [4.69, 9.17) is 0 Å². The molecule has 1 aromatic rings. The summed E-state index contributed by atoms with van der Waals surface area (Å²) >= 11 is 0. The molecule has 2 N–H and O–H groups in total. The SMILES string of the molecule is CN(CC1CCN(CCCc2ccccc2)CC1)C(=O)C1=CC2CNC3=CC=CC(=C1S(=O)(=O)O)N32. The average Bonchev–Trinajstić information content (AvgIpc) is 3.29. The topological polar surface area (TPSA) is 93.2 Å². The van der Waals surface area contributed by atoms with Crippen molar-refractivity contribution in [2.24, 2.45) is 5.92 Å². The van der Waals surface area contributed by atoms with Crippen LogP contribution in [0.5, 0.6) is 0 Å². The van der Waals surface area contributed by atoms with E-state index >= 15 is 0 Å². The smallest absolute Gasteiger partial charge is 0.297 e. The Morgan fingerprint density at radius 3 is 2.67 bits per heavy atom. The van der Waals surface area contributed by atoms with Crippen molar-refractivity contribution >= 4 is 16.0 Å². The summed E-state index contributed by atoms with van der Waals surface area (Å²) in [4.78, 5) is 19.1. The van der Waals surface area contributed by atoms with Crippen LogP contribution in [-0.4, -0.2) is 79.4 Å². The molecule has 4 aliphatic rings. The maximum absolute atomic E-state index is 13.5. The molecule has 36 heavy (non-hydrogen) atoms. The third-order valence-electron chi connectivity index (χ3n) is 7.54. The first-order valence-electron chi connectivity index (χ1n) is 12.7. The van der Waals surface area contributed by atoms with Crippen molar-refractivity contribution in [3.8, 4) is 0 Å². The summed E-state index contributed by atoms with van der Waals surface area (Å²) < 4.78 is 34.9. The maximum atomic E-state index is 13.5. The lowest BCUT2D eigenvalue weighted by molar-refractivity contribution is -0.126. The molecule has 0 saturated carbocycles. The molecule has 0 radical (unpaired) electrons. The molecule has 4 heterocycles. The van der Waals surface area contributed by atoms with Crippen LogP contribution in [0.15, 0.2) is 76.6 Å². The van der Waals surface area contributed by atoms with E-state index in [0.717, 1.165) is 51.1 Å². The van der Waals surface area contributed by atoms with E-state index in [0.29, 0.717) is 24.7 Å². The molecule has 0 aromatic heterocycles. The predicted octanol–water partition coefficient (Wildman–Crippen LogP) is 2.51. The first-order chi connectivity index (χ1) is 17.3. The van der Waals surface area contributed by atoms with Gasteiger partial charge in [0, 0.05) is 20.1 Å². The summed E-state index contributed by atoms with van der Waals surface area (Å²) in [5.41, 5.74) is 1.77. The third-order valence-corrected chi connectivity index (χ3v) is 8.49. The molecular formula is C27H34N4O4S. The first kappa shape index (κ1) is 24.8. The minimum absolute atomic E-state index is 0.0594. The lowest BCUT2D eigenvalue weighted by Crippen LogP contribution is -2.42. The van der Waals surface area contributed by atoms with Crippen molar-refractivity contribution in [3.63, 3.8) is 0 Å². The zero-order valence-corrected chi connectivity index (χ0v) is 21.5. The molecule has 9 heteroatoms. The van der Waals surface area contributed by atoms with Crippen molar-refractivity contribution < 1.29 is 17.8 Å². The largest absolute Gasteiger partial charge is 0.369 e. The highest BCUT2D eigenvalue weighted by atomic mass is 32.2. The van der Waals surface area contributed by atoms with Gasteiger partial charge in [0.2, 0.25) is 0 Å². The number of nitrogens with one attached hydrogen (secondary N) is 1. The van der Waals surface area contributed by atoms with Crippen molar-refractivity contribution in [3.05, 3.63) is 82.2 Å². The minimum Gasteiger partial charge on any atom is -0.369 e. The molecule has 8 nitrogen and oxygen atoms in total. The molecule has 0 spiro atoms. The third kappa shape index (κ3) is 5.14. The van der Waals surface area contributed by atoms with Gasteiger partial charge in [-0.15, -0.1) is 0 Å². The Bertz CT molecular complexity index is 1230. The number of likely N-dealkylation sites (N-methyl/N-ethyl adjacent to an activating group) is 1. The summed E-state index contributed by atoms with van der Waals surface area (Å²) in [7, 11) is -2.88. The number of nitrogens with zero attached hydrogens (tertiary/aromatic N) is 3.